The van der Waals surface area contributed by atoms with E-state index in [-0.39, 0.29) is 23.8 Å². The van der Waals surface area contributed by atoms with Crippen molar-refractivity contribution in [2.45, 2.75) is 51.5 Å². The van der Waals surface area contributed by atoms with Crippen molar-refractivity contribution in [2.75, 3.05) is 13.1 Å². The van der Waals surface area contributed by atoms with Gasteiger partial charge >= 0.3 is 0 Å². The molecule has 0 radical (unpaired) electrons. The van der Waals surface area contributed by atoms with Crippen molar-refractivity contribution >= 4 is 11.8 Å². The minimum atomic E-state index is -0.0624. The zero-order valence-electron chi connectivity index (χ0n) is 14.5. The van der Waals surface area contributed by atoms with Gasteiger partial charge in [-0.2, -0.15) is 0 Å². The number of amides is 2. The van der Waals surface area contributed by atoms with E-state index in [1.807, 2.05) is 35.2 Å². The minimum absolute atomic E-state index is 0.0293. The van der Waals surface area contributed by atoms with Crippen LogP contribution >= 0.6 is 0 Å². The highest BCUT2D eigenvalue weighted by molar-refractivity contribution is 5.94. The van der Waals surface area contributed by atoms with E-state index in [0.717, 1.165) is 51.6 Å². The molecule has 2 amide bonds. The molecule has 4 nitrogen and oxygen atoms in total. The van der Waals surface area contributed by atoms with E-state index in [1.165, 1.54) is 0 Å². The summed E-state index contributed by atoms with van der Waals surface area (Å²) in [5.74, 6) is 0.848. The van der Waals surface area contributed by atoms with Crippen LogP contribution in [0.3, 0.4) is 0 Å². The Morgan fingerprint density at radius 2 is 1.67 bits per heavy atom. The van der Waals surface area contributed by atoms with Gasteiger partial charge < -0.3 is 10.2 Å². The molecule has 1 aromatic carbocycles. The van der Waals surface area contributed by atoms with Gasteiger partial charge in [0.2, 0.25) is 5.91 Å². The number of carbonyl (C=O) groups excluding carboxylic acids is 2. The maximum atomic E-state index is 13.0. The van der Waals surface area contributed by atoms with Crippen molar-refractivity contribution in [1.82, 2.24) is 10.2 Å². The number of likely N-dealkylation sites (tertiary alicyclic amines) is 1. The number of hydrogen-bond donors (Lipinski definition) is 1. The second-order valence-electron chi connectivity index (χ2n) is 7.34. The van der Waals surface area contributed by atoms with Gasteiger partial charge in [-0.25, -0.2) is 0 Å². The van der Waals surface area contributed by atoms with Gasteiger partial charge in [0.15, 0.2) is 0 Å². The average Bonchev–Trinajstić information content (AvgIpc) is 2.63. The topological polar surface area (TPSA) is 49.4 Å². The van der Waals surface area contributed by atoms with Gasteiger partial charge in [0.25, 0.3) is 5.91 Å². The molecule has 2 fully saturated rings. The summed E-state index contributed by atoms with van der Waals surface area (Å²) in [7, 11) is 0. The average molecular weight is 328 g/mol. The summed E-state index contributed by atoms with van der Waals surface area (Å²) in [6.45, 7) is 4.00. The molecular weight excluding hydrogens is 300 g/mol. The summed E-state index contributed by atoms with van der Waals surface area (Å²) in [5, 5.41) is 3.13. The molecular formula is C20H28N2O2. The van der Waals surface area contributed by atoms with E-state index in [0.29, 0.717) is 11.5 Å². The maximum absolute atomic E-state index is 13.0. The largest absolute Gasteiger partial charge is 0.349 e. The fraction of sp³-hybridized carbons (Fsp3) is 0.600. The zero-order chi connectivity index (χ0) is 16.9. The van der Waals surface area contributed by atoms with Crippen molar-refractivity contribution < 1.29 is 9.59 Å². The molecule has 1 heterocycles. The molecule has 0 bridgehead atoms. The number of nitrogens with one attached hydrogen (secondary N) is 1. The Labute approximate surface area is 144 Å². The van der Waals surface area contributed by atoms with Crippen LogP contribution in [0.2, 0.25) is 0 Å². The molecule has 130 valence electrons. The molecule has 0 aromatic heterocycles. The van der Waals surface area contributed by atoms with Crippen molar-refractivity contribution in [1.29, 1.82) is 0 Å². The van der Waals surface area contributed by atoms with Gasteiger partial charge in [-0.1, -0.05) is 38.0 Å². The van der Waals surface area contributed by atoms with E-state index in [1.54, 1.807) is 0 Å². The van der Waals surface area contributed by atoms with Gasteiger partial charge in [0.1, 0.15) is 0 Å². The molecule has 4 heteroatoms. The number of hydrogen-bond acceptors (Lipinski definition) is 2. The Bertz CT molecular complexity index is 564. The number of rotatable bonds is 3. The predicted molar refractivity (Wildman–Crippen MR) is 94.6 cm³/mol. The maximum Gasteiger partial charge on any atom is 0.251 e. The molecule has 24 heavy (non-hydrogen) atoms. The van der Waals surface area contributed by atoms with Crippen molar-refractivity contribution in [2.24, 2.45) is 11.8 Å². The first-order chi connectivity index (χ1) is 11.6. The van der Waals surface area contributed by atoms with E-state index in [2.05, 4.69) is 12.2 Å². The molecule has 3 rings (SSSR count). The Morgan fingerprint density at radius 1 is 1.00 bits per heavy atom. The molecule has 1 aliphatic heterocycles. The third kappa shape index (κ3) is 3.97. The van der Waals surface area contributed by atoms with Crippen LogP contribution in [-0.4, -0.2) is 35.8 Å². The zero-order valence-corrected chi connectivity index (χ0v) is 14.5. The summed E-state index contributed by atoms with van der Waals surface area (Å²) in [4.78, 5) is 27.5. The standard InChI is InChI=1S/C20H28N2O2/c1-15-11-13-22(14-12-15)20(24)17-9-5-6-10-18(17)21-19(23)16-7-3-2-4-8-16/h2-4,7-8,15,17-18H,5-6,9-14H2,1H3,(H,21,23)/t17-,18+/m1/s1. The minimum Gasteiger partial charge on any atom is -0.349 e. The first-order valence-electron chi connectivity index (χ1n) is 9.30. The molecule has 0 spiro atoms. The summed E-state index contributed by atoms with van der Waals surface area (Å²) in [6.07, 6.45) is 6.15. The van der Waals surface area contributed by atoms with Crippen molar-refractivity contribution in [3.8, 4) is 0 Å². The normalized spacial score (nSPS) is 25.3. The number of benzene rings is 1. The van der Waals surface area contributed by atoms with Crippen molar-refractivity contribution in [3.05, 3.63) is 35.9 Å². The monoisotopic (exact) mass is 328 g/mol. The second-order valence-corrected chi connectivity index (χ2v) is 7.34. The summed E-state index contributed by atoms with van der Waals surface area (Å²) in [6, 6.07) is 9.25. The van der Waals surface area contributed by atoms with E-state index in [9.17, 15) is 9.59 Å². The van der Waals surface area contributed by atoms with Gasteiger partial charge in [-0.15, -0.1) is 0 Å². The van der Waals surface area contributed by atoms with Crippen molar-refractivity contribution in [3.63, 3.8) is 0 Å². The Morgan fingerprint density at radius 3 is 2.38 bits per heavy atom. The van der Waals surface area contributed by atoms with Gasteiger partial charge in [-0.3, -0.25) is 9.59 Å². The van der Waals surface area contributed by atoms with E-state index >= 15 is 0 Å². The lowest BCUT2D eigenvalue weighted by atomic mass is 9.82. The lowest BCUT2D eigenvalue weighted by molar-refractivity contribution is -0.138. The lowest BCUT2D eigenvalue weighted by Crippen LogP contribution is -2.51. The molecule has 1 N–H and O–H groups in total. The van der Waals surface area contributed by atoms with Crippen LogP contribution < -0.4 is 5.32 Å². The highest BCUT2D eigenvalue weighted by atomic mass is 16.2. The smallest absolute Gasteiger partial charge is 0.251 e. The molecule has 2 atom stereocenters. The van der Waals surface area contributed by atoms with E-state index in [4.69, 9.17) is 0 Å². The summed E-state index contributed by atoms with van der Waals surface area (Å²) in [5.41, 5.74) is 0.668. The molecule has 0 unspecified atom stereocenters. The number of piperidine rings is 1. The van der Waals surface area contributed by atoms with Crippen LogP contribution in [0, 0.1) is 11.8 Å². The van der Waals surface area contributed by atoms with Gasteiger partial charge in [0, 0.05) is 24.7 Å². The van der Waals surface area contributed by atoms with Gasteiger partial charge in [-0.05, 0) is 43.7 Å². The SMILES string of the molecule is CC1CCN(C(=O)[C@@H]2CCCC[C@@H]2NC(=O)c2ccccc2)CC1. The van der Waals surface area contributed by atoms with E-state index < -0.39 is 0 Å². The summed E-state index contributed by atoms with van der Waals surface area (Å²) < 4.78 is 0. The van der Waals surface area contributed by atoms with Gasteiger partial charge in [0.05, 0.1) is 5.92 Å². The molecule has 1 saturated heterocycles. The lowest BCUT2D eigenvalue weighted by Gasteiger charge is -2.37. The third-order valence-corrected chi connectivity index (χ3v) is 5.53. The van der Waals surface area contributed by atoms with Crippen LogP contribution in [0.25, 0.3) is 0 Å². The van der Waals surface area contributed by atoms with Crippen LogP contribution in [0.4, 0.5) is 0 Å². The third-order valence-electron chi connectivity index (χ3n) is 5.53. The van der Waals surface area contributed by atoms with Crippen LogP contribution in [-0.2, 0) is 4.79 Å². The molecule has 1 aliphatic carbocycles. The van der Waals surface area contributed by atoms with Crippen LogP contribution in [0.15, 0.2) is 30.3 Å². The number of carbonyl (C=O) groups is 2. The Hall–Kier alpha value is -1.84. The molecule has 1 saturated carbocycles. The Balaban J connectivity index is 1.65. The highest BCUT2D eigenvalue weighted by Crippen LogP contribution is 2.28. The fourth-order valence-electron chi connectivity index (χ4n) is 3.90. The summed E-state index contributed by atoms with van der Waals surface area (Å²) >= 11 is 0. The second kappa shape index (κ2) is 7.82. The predicted octanol–water partition coefficient (Wildman–Crippen LogP) is 3.23. The van der Waals surface area contributed by atoms with Crippen LogP contribution in [0.1, 0.15) is 55.8 Å². The fourth-order valence-corrected chi connectivity index (χ4v) is 3.90. The highest BCUT2D eigenvalue weighted by Gasteiger charge is 2.35. The first kappa shape index (κ1) is 17.0. The number of nitrogens with zero attached hydrogens (tertiary/aromatic N) is 1. The molecule has 1 aromatic rings. The molecule has 2 aliphatic rings. The first-order valence-corrected chi connectivity index (χ1v) is 9.30. The Kier molecular flexibility index (Phi) is 5.54. The van der Waals surface area contributed by atoms with Crippen LogP contribution in [0.5, 0.6) is 0 Å². The quantitative estimate of drug-likeness (QED) is 0.926.